The van der Waals surface area contributed by atoms with Crippen LogP contribution in [0, 0.1) is 0 Å². The van der Waals surface area contributed by atoms with E-state index in [2.05, 4.69) is 26.9 Å². The van der Waals surface area contributed by atoms with Crippen molar-refractivity contribution in [2.75, 3.05) is 44.7 Å². The first-order chi connectivity index (χ1) is 13.8. The van der Waals surface area contributed by atoms with Crippen molar-refractivity contribution in [2.24, 2.45) is 0 Å². The summed E-state index contributed by atoms with van der Waals surface area (Å²) in [7, 11) is 1.73. The number of rotatable bonds is 7. The lowest BCUT2D eigenvalue weighted by atomic mass is 10.2. The van der Waals surface area contributed by atoms with E-state index in [0.29, 0.717) is 0 Å². The SMILES string of the molecule is COc1ccccc1N1CCN(CCCCn2c(=O)[nH]c3ccccc32)CC1. The van der Waals surface area contributed by atoms with E-state index in [1.54, 1.807) is 7.11 Å². The Bertz CT molecular complexity index is 970. The van der Waals surface area contributed by atoms with Crippen LogP contribution in [0.25, 0.3) is 11.0 Å². The van der Waals surface area contributed by atoms with Gasteiger partial charge in [-0.25, -0.2) is 4.79 Å². The summed E-state index contributed by atoms with van der Waals surface area (Å²) in [5, 5.41) is 0. The number of fused-ring (bicyclic) bond motifs is 1. The van der Waals surface area contributed by atoms with Crippen molar-refractivity contribution in [1.29, 1.82) is 0 Å². The number of hydrogen-bond donors (Lipinski definition) is 1. The summed E-state index contributed by atoms with van der Waals surface area (Å²) < 4.78 is 7.35. The second-order valence-corrected chi connectivity index (χ2v) is 7.31. The smallest absolute Gasteiger partial charge is 0.326 e. The standard InChI is InChI=1S/C22H28N4O2/c1-28-21-11-5-4-10-20(21)25-16-14-24(15-17-25)12-6-7-13-26-19-9-3-2-8-18(19)23-22(26)27/h2-5,8-11H,6-7,12-17H2,1H3,(H,23,27). The number of nitrogens with zero attached hydrogens (tertiary/aromatic N) is 3. The Morgan fingerprint density at radius 1 is 0.929 bits per heavy atom. The molecule has 1 aliphatic rings. The number of aromatic amines is 1. The fraction of sp³-hybridized carbons (Fsp3) is 0.409. The van der Waals surface area contributed by atoms with E-state index >= 15 is 0 Å². The number of piperazine rings is 1. The van der Waals surface area contributed by atoms with Crippen LogP contribution in [-0.2, 0) is 6.54 Å². The van der Waals surface area contributed by atoms with Crippen molar-refractivity contribution in [1.82, 2.24) is 14.5 Å². The van der Waals surface area contributed by atoms with Crippen LogP contribution in [0.1, 0.15) is 12.8 Å². The lowest BCUT2D eigenvalue weighted by Gasteiger charge is -2.36. The van der Waals surface area contributed by atoms with Gasteiger partial charge in [0.1, 0.15) is 5.75 Å². The number of H-pyrrole nitrogens is 1. The number of nitrogens with one attached hydrogen (secondary N) is 1. The van der Waals surface area contributed by atoms with E-state index in [0.717, 1.165) is 68.9 Å². The molecule has 28 heavy (non-hydrogen) atoms. The second kappa shape index (κ2) is 8.52. The third-order valence-electron chi connectivity index (χ3n) is 5.59. The molecule has 0 atom stereocenters. The highest BCUT2D eigenvalue weighted by Gasteiger charge is 2.19. The number of aryl methyl sites for hydroxylation is 1. The molecule has 0 saturated carbocycles. The molecular weight excluding hydrogens is 352 g/mol. The fourth-order valence-corrected chi connectivity index (χ4v) is 4.04. The number of imidazole rings is 1. The van der Waals surface area contributed by atoms with Gasteiger partial charge in [-0.3, -0.25) is 9.47 Å². The molecular formula is C22H28N4O2. The molecule has 0 amide bonds. The van der Waals surface area contributed by atoms with Crippen LogP contribution in [-0.4, -0.2) is 54.3 Å². The van der Waals surface area contributed by atoms with E-state index in [-0.39, 0.29) is 5.69 Å². The van der Waals surface area contributed by atoms with Gasteiger partial charge in [-0.05, 0) is 43.7 Å². The average Bonchev–Trinajstić information content (AvgIpc) is 3.06. The predicted octanol–water partition coefficient (Wildman–Crippen LogP) is 2.94. The topological polar surface area (TPSA) is 53.5 Å². The zero-order valence-corrected chi connectivity index (χ0v) is 16.4. The number of aromatic nitrogens is 2. The van der Waals surface area contributed by atoms with Crippen LogP contribution < -0.4 is 15.3 Å². The summed E-state index contributed by atoms with van der Waals surface area (Å²) >= 11 is 0. The number of unbranched alkanes of at least 4 members (excludes halogenated alkanes) is 1. The first-order valence-corrected chi connectivity index (χ1v) is 10.0. The third-order valence-corrected chi connectivity index (χ3v) is 5.59. The molecule has 1 aliphatic heterocycles. The highest BCUT2D eigenvalue weighted by molar-refractivity contribution is 5.74. The summed E-state index contributed by atoms with van der Waals surface area (Å²) in [4.78, 5) is 20.0. The molecule has 2 heterocycles. The van der Waals surface area contributed by atoms with Crippen LogP contribution in [0.5, 0.6) is 5.75 Å². The molecule has 1 aromatic heterocycles. The fourth-order valence-electron chi connectivity index (χ4n) is 4.04. The summed E-state index contributed by atoms with van der Waals surface area (Å²) in [6.45, 7) is 6.00. The van der Waals surface area contributed by atoms with Gasteiger partial charge < -0.3 is 14.6 Å². The Kier molecular flexibility index (Phi) is 5.67. The molecule has 1 fully saturated rings. The molecule has 0 aliphatic carbocycles. The monoisotopic (exact) mass is 380 g/mol. The molecule has 4 rings (SSSR count). The average molecular weight is 380 g/mol. The van der Waals surface area contributed by atoms with E-state index in [9.17, 15) is 4.79 Å². The first kappa shape index (κ1) is 18.6. The number of anilines is 1. The lowest BCUT2D eigenvalue weighted by Crippen LogP contribution is -2.46. The third kappa shape index (κ3) is 3.92. The normalized spacial score (nSPS) is 15.2. The number of para-hydroxylation sites is 4. The lowest BCUT2D eigenvalue weighted by molar-refractivity contribution is 0.250. The Balaban J connectivity index is 1.25. The zero-order valence-electron chi connectivity index (χ0n) is 16.4. The van der Waals surface area contributed by atoms with Crippen LogP contribution in [0.15, 0.2) is 53.3 Å². The van der Waals surface area contributed by atoms with Gasteiger partial charge >= 0.3 is 5.69 Å². The molecule has 6 heteroatoms. The summed E-state index contributed by atoms with van der Waals surface area (Å²) in [6, 6.07) is 16.1. The summed E-state index contributed by atoms with van der Waals surface area (Å²) in [5.74, 6) is 0.945. The molecule has 2 aromatic carbocycles. The van der Waals surface area contributed by atoms with Crippen LogP contribution in [0.4, 0.5) is 5.69 Å². The molecule has 1 saturated heterocycles. The molecule has 0 bridgehead atoms. The van der Waals surface area contributed by atoms with Gasteiger partial charge in [-0.1, -0.05) is 24.3 Å². The van der Waals surface area contributed by atoms with Gasteiger partial charge in [0.2, 0.25) is 0 Å². The Morgan fingerprint density at radius 2 is 1.64 bits per heavy atom. The van der Waals surface area contributed by atoms with Crippen molar-refractivity contribution in [3.63, 3.8) is 0 Å². The van der Waals surface area contributed by atoms with Crippen LogP contribution in [0.2, 0.25) is 0 Å². The van der Waals surface area contributed by atoms with Crippen LogP contribution >= 0.6 is 0 Å². The minimum absolute atomic E-state index is 0.00776. The predicted molar refractivity (Wildman–Crippen MR) is 113 cm³/mol. The number of hydrogen-bond acceptors (Lipinski definition) is 4. The zero-order chi connectivity index (χ0) is 19.3. The molecule has 0 unspecified atom stereocenters. The van der Waals surface area contributed by atoms with E-state index in [1.807, 2.05) is 41.0 Å². The van der Waals surface area contributed by atoms with E-state index < -0.39 is 0 Å². The Hall–Kier alpha value is -2.73. The van der Waals surface area contributed by atoms with Gasteiger partial charge in [0.15, 0.2) is 0 Å². The van der Waals surface area contributed by atoms with E-state index in [1.165, 1.54) is 5.69 Å². The number of benzene rings is 2. The quantitative estimate of drug-likeness (QED) is 0.641. The van der Waals surface area contributed by atoms with Gasteiger partial charge in [0, 0.05) is 32.7 Å². The highest BCUT2D eigenvalue weighted by Crippen LogP contribution is 2.28. The van der Waals surface area contributed by atoms with Gasteiger partial charge in [0.25, 0.3) is 0 Å². The molecule has 3 aromatic rings. The van der Waals surface area contributed by atoms with Gasteiger partial charge in [0.05, 0.1) is 23.8 Å². The maximum atomic E-state index is 12.1. The minimum Gasteiger partial charge on any atom is -0.495 e. The van der Waals surface area contributed by atoms with Crippen molar-refractivity contribution in [3.8, 4) is 5.75 Å². The van der Waals surface area contributed by atoms with Crippen molar-refractivity contribution in [3.05, 3.63) is 59.0 Å². The minimum atomic E-state index is -0.00776. The highest BCUT2D eigenvalue weighted by atomic mass is 16.5. The van der Waals surface area contributed by atoms with Crippen molar-refractivity contribution < 1.29 is 4.74 Å². The Labute approximate surface area is 165 Å². The second-order valence-electron chi connectivity index (χ2n) is 7.31. The summed E-state index contributed by atoms with van der Waals surface area (Å²) in [6.07, 6.45) is 2.11. The number of methoxy groups -OCH3 is 1. The van der Waals surface area contributed by atoms with E-state index in [4.69, 9.17) is 4.74 Å². The van der Waals surface area contributed by atoms with Gasteiger partial charge in [-0.2, -0.15) is 0 Å². The van der Waals surface area contributed by atoms with Gasteiger partial charge in [-0.15, -0.1) is 0 Å². The molecule has 0 radical (unpaired) electrons. The largest absolute Gasteiger partial charge is 0.495 e. The maximum Gasteiger partial charge on any atom is 0.326 e. The molecule has 0 spiro atoms. The summed E-state index contributed by atoms with van der Waals surface area (Å²) in [5.41, 5.74) is 3.09. The van der Waals surface area contributed by atoms with Crippen molar-refractivity contribution >= 4 is 16.7 Å². The molecule has 6 nitrogen and oxygen atoms in total. The maximum absolute atomic E-state index is 12.1. The van der Waals surface area contributed by atoms with Crippen molar-refractivity contribution in [2.45, 2.75) is 19.4 Å². The number of ether oxygens (including phenoxy) is 1. The molecule has 1 N–H and O–H groups in total. The first-order valence-electron chi connectivity index (χ1n) is 10.0. The van der Waals surface area contributed by atoms with Crippen LogP contribution in [0.3, 0.4) is 0 Å². The molecule has 148 valence electrons. The Morgan fingerprint density at radius 3 is 2.46 bits per heavy atom.